The molecule has 4 aliphatic rings. The van der Waals surface area contributed by atoms with E-state index in [-0.39, 0.29) is 29.0 Å². The molecule has 0 aromatic rings. The molecule has 7 heteroatoms. The van der Waals surface area contributed by atoms with Crippen LogP contribution in [0.1, 0.15) is 88.0 Å². The fourth-order valence-electron chi connectivity index (χ4n) is 7.53. The Labute approximate surface area is 275 Å². The summed E-state index contributed by atoms with van der Waals surface area (Å²) in [6, 6.07) is 0. The van der Waals surface area contributed by atoms with E-state index in [1.807, 2.05) is 89.3 Å². The Balaban J connectivity index is 1.35. The van der Waals surface area contributed by atoms with Gasteiger partial charge in [0, 0.05) is 23.8 Å². The molecule has 0 aromatic carbocycles. The molecule has 0 radical (unpaired) electrons. The number of fused-ring (bicyclic) bond motifs is 1. The van der Waals surface area contributed by atoms with E-state index in [0.29, 0.717) is 37.2 Å². The lowest BCUT2D eigenvalue weighted by atomic mass is 9.63. The van der Waals surface area contributed by atoms with Crippen LogP contribution in [0, 0.1) is 10.8 Å². The third-order valence-electron chi connectivity index (χ3n) is 9.51. The van der Waals surface area contributed by atoms with Crippen LogP contribution in [0.3, 0.4) is 0 Å². The first-order valence-electron chi connectivity index (χ1n) is 16.3. The molecule has 2 heterocycles. The normalized spacial score (nSPS) is 35.1. The second-order valence-corrected chi connectivity index (χ2v) is 14.8. The van der Waals surface area contributed by atoms with Gasteiger partial charge in [-0.05, 0) is 94.4 Å². The van der Waals surface area contributed by atoms with Crippen LogP contribution in [-0.2, 0) is 24.0 Å². The molecular formula is C39H52O7. The van der Waals surface area contributed by atoms with Crippen molar-refractivity contribution in [1.29, 1.82) is 0 Å². The highest BCUT2D eigenvalue weighted by Crippen LogP contribution is 2.66. The van der Waals surface area contributed by atoms with Crippen LogP contribution in [-0.4, -0.2) is 51.8 Å². The Morgan fingerprint density at radius 3 is 2.30 bits per heavy atom. The number of carbonyl (C=O) groups is 1. The highest BCUT2D eigenvalue weighted by molar-refractivity contribution is 5.95. The second kappa shape index (κ2) is 13.6. The molecule has 2 N–H and O–H groups in total. The highest BCUT2D eigenvalue weighted by atomic mass is 17.2. The van der Waals surface area contributed by atoms with Gasteiger partial charge < -0.3 is 19.7 Å². The van der Waals surface area contributed by atoms with Crippen molar-refractivity contribution in [1.82, 2.24) is 0 Å². The van der Waals surface area contributed by atoms with Gasteiger partial charge in [-0.2, -0.15) is 0 Å². The highest BCUT2D eigenvalue weighted by Gasteiger charge is 2.74. The van der Waals surface area contributed by atoms with Crippen LogP contribution in [0.5, 0.6) is 0 Å². The van der Waals surface area contributed by atoms with Gasteiger partial charge in [0.25, 0.3) is 0 Å². The quantitative estimate of drug-likeness (QED) is 0.0639. The number of ether oxygens (including phenoxy) is 2. The maximum Gasteiger partial charge on any atom is 0.343 e. The first-order chi connectivity index (χ1) is 21.4. The van der Waals surface area contributed by atoms with Crippen LogP contribution in [0.4, 0.5) is 0 Å². The number of epoxide rings is 1. The van der Waals surface area contributed by atoms with Crippen LogP contribution in [0.15, 0.2) is 101 Å². The largest absolute Gasteiger partial charge is 0.423 e. The van der Waals surface area contributed by atoms with Crippen molar-refractivity contribution in [2.24, 2.45) is 10.8 Å². The maximum absolute atomic E-state index is 12.5. The average molecular weight is 633 g/mol. The summed E-state index contributed by atoms with van der Waals surface area (Å²) in [5, 5.41) is 21.4. The first-order valence-corrected chi connectivity index (χ1v) is 16.3. The number of esters is 1. The van der Waals surface area contributed by atoms with Gasteiger partial charge in [-0.15, -0.1) is 5.73 Å². The topological polar surface area (TPSA) is 97.8 Å². The monoisotopic (exact) mass is 632 g/mol. The average Bonchev–Trinajstić information content (AvgIpc) is 3.40. The van der Waals surface area contributed by atoms with Gasteiger partial charge in [0.15, 0.2) is 0 Å². The predicted octanol–water partition coefficient (Wildman–Crippen LogP) is 7.61. The van der Waals surface area contributed by atoms with Crippen molar-refractivity contribution in [3.8, 4) is 0 Å². The van der Waals surface area contributed by atoms with E-state index in [2.05, 4.69) is 33.4 Å². The molecule has 2 aliphatic heterocycles. The minimum absolute atomic E-state index is 0.166. The minimum Gasteiger partial charge on any atom is -0.423 e. The van der Waals surface area contributed by atoms with Crippen LogP contribution in [0.2, 0.25) is 0 Å². The lowest BCUT2D eigenvalue weighted by Gasteiger charge is -2.44. The molecule has 0 bridgehead atoms. The molecule has 3 fully saturated rings. The molecular weight excluding hydrogens is 580 g/mol. The zero-order valence-corrected chi connectivity index (χ0v) is 29.0. The number of aliphatic hydroxyl groups excluding tert-OH is 1. The maximum atomic E-state index is 12.5. The van der Waals surface area contributed by atoms with Crippen molar-refractivity contribution in [3.63, 3.8) is 0 Å². The molecule has 1 saturated heterocycles. The van der Waals surface area contributed by atoms with E-state index in [9.17, 15) is 15.0 Å². The van der Waals surface area contributed by atoms with Crippen molar-refractivity contribution in [2.45, 2.75) is 117 Å². The standard InChI is InChI=1S/C39H52O7/c1-10-43-45-32-25-35(4,5)33(37(8,42)26-32)18-17-27(2)15-13-11-12-14-16-28(3)21-31-22-29(34(41)44-31)19-20-39-36(6,7)23-30(40)24-38(39,9)46-39/h11-17,19-22,30,32,40,42H,10,23-26H2,1-9H3/b13-11+,14-12+,20-19+,27-15+,28-16+,31-21-/t18?,30-,32-,37+,38+,39-/m0/s1. The van der Waals surface area contributed by atoms with E-state index in [0.717, 1.165) is 23.1 Å². The first kappa shape index (κ1) is 35.8. The van der Waals surface area contributed by atoms with E-state index in [4.69, 9.17) is 19.2 Å². The SMILES string of the molecule is CCOO[C@H]1CC(C)(C)C(=C=C/C(C)=C/C=C/C=C/C=C(C)/C=C2C=C(/C=C/[C@@]34O[C@]3(C)C[C@@H](O)CC4(C)C)C(=O)O/2)[C@](C)(O)C1. The Kier molecular flexibility index (Phi) is 10.6. The van der Waals surface area contributed by atoms with Gasteiger partial charge in [0.1, 0.15) is 17.0 Å². The Morgan fingerprint density at radius 2 is 1.67 bits per heavy atom. The van der Waals surface area contributed by atoms with Crippen LogP contribution < -0.4 is 0 Å². The number of cyclic esters (lactones) is 1. The summed E-state index contributed by atoms with van der Waals surface area (Å²) in [6.45, 7) is 18.5. The van der Waals surface area contributed by atoms with Gasteiger partial charge >= 0.3 is 5.97 Å². The molecule has 0 unspecified atom stereocenters. The number of carbonyl (C=O) groups excluding carboxylic acids is 1. The summed E-state index contributed by atoms with van der Waals surface area (Å²) in [4.78, 5) is 23.2. The fraction of sp³-hybridized carbons (Fsp3) is 0.538. The van der Waals surface area contributed by atoms with Crippen LogP contribution >= 0.6 is 0 Å². The Hall–Kier alpha value is -3.03. The predicted molar refractivity (Wildman–Crippen MR) is 180 cm³/mol. The zero-order chi connectivity index (χ0) is 34.0. The number of aliphatic hydroxyl groups is 2. The van der Waals surface area contributed by atoms with Gasteiger partial charge in [0.05, 0.1) is 30.0 Å². The van der Waals surface area contributed by atoms with E-state index >= 15 is 0 Å². The summed E-state index contributed by atoms with van der Waals surface area (Å²) in [5.74, 6) is 0.109. The fourth-order valence-corrected chi connectivity index (χ4v) is 7.53. The molecule has 250 valence electrons. The summed E-state index contributed by atoms with van der Waals surface area (Å²) in [6.07, 6.45) is 22.8. The Bertz CT molecular complexity index is 1450. The van der Waals surface area contributed by atoms with E-state index < -0.39 is 16.8 Å². The van der Waals surface area contributed by atoms with E-state index in [1.54, 1.807) is 12.2 Å². The van der Waals surface area contributed by atoms with Gasteiger partial charge in [-0.25, -0.2) is 14.6 Å². The summed E-state index contributed by atoms with van der Waals surface area (Å²) >= 11 is 0. The lowest BCUT2D eigenvalue weighted by Crippen LogP contribution is -2.46. The summed E-state index contributed by atoms with van der Waals surface area (Å²) < 4.78 is 11.7. The summed E-state index contributed by atoms with van der Waals surface area (Å²) in [7, 11) is 0. The zero-order valence-electron chi connectivity index (χ0n) is 29.0. The summed E-state index contributed by atoms with van der Waals surface area (Å²) in [5.41, 5.74) is 4.17. The number of allylic oxidation sites excluding steroid dienone is 10. The molecule has 0 amide bonds. The molecule has 7 nitrogen and oxygen atoms in total. The molecule has 2 saturated carbocycles. The van der Waals surface area contributed by atoms with Crippen LogP contribution in [0.25, 0.3) is 0 Å². The van der Waals surface area contributed by atoms with Crippen molar-refractivity contribution in [3.05, 3.63) is 101 Å². The Morgan fingerprint density at radius 1 is 1.00 bits per heavy atom. The minimum atomic E-state index is -1.03. The number of rotatable bonds is 10. The van der Waals surface area contributed by atoms with Crippen molar-refractivity contribution >= 4 is 5.97 Å². The molecule has 0 aromatic heterocycles. The molecule has 5 atom stereocenters. The third kappa shape index (κ3) is 7.91. The van der Waals surface area contributed by atoms with Crippen molar-refractivity contribution < 1.29 is 34.3 Å². The van der Waals surface area contributed by atoms with Gasteiger partial charge in [-0.1, -0.05) is 64.2 Å². The molecule has 4 rings (SSSR count). The third-order valence-corrected chi connectivity index (χ3v) is 9.51. The van der Waals surface area contributed by atoms with E-state index in [1.165, 1.54) is 0 Å². The molecule has 2 aliphatic carbocycles. The number of hydrogen-bond acceptors (Lipinski definition) is 7. The number of hydrogen-bond donors (Lipinski definition) is 2. The second-order valence-electron chi connectivity index (χ2n) is 14.8. The van der Waals surface area contributed by atoms with Gasteiger partial charge in [0.2, 0.25) is 0 Å². The van der Waals surface area contributed by atoms with Gasteiger partial charge in [-0.3, -0.25) is 0 Å². The molecule has 46 heavy (non-hydrogen) atoms. The lowest BCUT2D eigenvalue weighted by molar-refractivity contribution is -0.334. The molecule has 0 spiro atoms. The van der Waals surface area contributed by atoms with Crippen molar-refractivity contribution in [2.75, 3.05) is 6.61 Å². The smallest absolute Gasteiger partial charge is 0.343 e.